The highest BCUT2D eigenvalue weighted by molar-refractivity contribution is 6.09. The first-order valence-electron chi connectivity index (χ1n) is 13.2. The van der Waals surface area contributed by atoms with Crippen LogP contribution in [-0.4, -0.2) is 64.4 Å². The van der Waals surface area contributed by atoms with Gasteiger partial charge in [0.15, 0.2) is 5.78 Å². The van der Waals surface area contributed by atoms with Gasteiger partial charge in [0.05, 0.1) is 32.5 Å². The molecule has 0 fully saturated rings. The lowest BCUT2D eigenvalue weighted by Gasteiger charge is -2.25. The summed E-state index contributed by atoms with van der Waals surface area (Å²) in [5.41, 5.74) is 3.18. The molecule has 1 amide bonds. The maximum atomic E-state index is 13.2. The standard InChI is InChI=1S/C32H31F3N2O6/c1-37-16-14-20(15-17-37)29-28(41-3)19-27(40-2)25(30(29)42-4)12-13-26(38)22-6-5-7-23(18-22)36-31(39)21-8-10-24(11-9-21)43-32(33,34)35/h5-14,18-19H,15-17H2,1-4H3,(H,36,39)/b13-12+. The molecule has 43 heavy (non-hydrogen) atoms. The van der Waals surface area contributed by atoms with E-state index in [9.17, 15) is 22.8 Å². The molecule has 0 aliphatic carbocycles. The second-order valence-corrected chi connectivity index (χ2v) is 9.65. The van der Waals surface area contributed by atoms with Crippen molar-refractivity contribution in [3.05, 3.63) is 89.0 Å². The van der Waals surface area contributed by atoms with Gasteiger partial charge in [-0.05, 0) is 67.6 Å². The summed E-state index contributed by atoms with van der Waals surface area (Å²) in [6, 6.07) is 12.6. The lowest BCUT2D eigenvalue weighted by atomic mass is 9.94. The molecule has 0 atom stereocenters. The van der Waals surface area contributed by atoms with E-state index in [1.54, 1.807) is 44.6 Å². The van der Waals surface area contributed by atoms with E-state index in [-0.39, 0.29) is 11.3 Å². The Morgan fingerprint density at radius 2 is 1.65 bits per heavy atom. The number of ketones is 1. The molecule has 1 aliphatic rings. The number of rotatable bonds is 10. The number of alkyl halides is 3. The summed E-state index contributed by atoms with van der Waals surface area (Å²) >= 11 is 0. The molecular weight excluding hydrogens is 565 g/mol. The number of benzene rings is 3. The van der Waals surface area contributed by atoms with Gasteiger partial charge in [0, 0.05) is 36.0 Å². The predicted molar refractivity (Wildman–Crippen MR) is 157 cm³/mol. The lowest BCUT2D eigenvalue weighted by molar-refractivity contribution is -0.274. The SMILES string of the molecule is COc1cc(OC)c(C2=CCN(C)CC2)c(OC)c1/C=C/C(=O)c1cccc(NC(=O)c2ccc(OC(F)(F)F)cc2)c1. The number of anilines is 1. The fraction of sp³-hybridized carbons (Fsp3) is 0.250. The van der Waals surface area contributed by atoms with Gasteiger partial charge in [-0.25, -0.2) is 0 Å². The van der Waals surface area contributed by atoms with Crippen molar-refractivity contribution >= 4 is 29.0 Å². The molecular formula is C32H31F3N2O6. The highest BCUT2D eigenvalue weighted by atomic mass is 19.4. The summed E-state index contributed by atoms with van der Waals surface area (Å²) in [5, 5.41) is 2.65. The number of ether oxygens (including phenoxy) is 4. The van der Waals surface area contributed by atoms with Gasteiger partial charge in [-0.1, -0.05) is 18.2 Å². The van der Waals surface area contributed by atoms with Crippen LogP contribution in [0.25, 0.3) is 11.6 Å². The molecule has 226 valence electrons. The molecule has 0 radical (unpaired) electrons. The minimum absolute atomic E-state index is 0.111. The molecule has 0 bridgehead atoms. The largest absolute Gasteiger partial charge is 0.573 e. The monoisotopic (exact) mass is 596 g/mol. The van der Waals surface area contributed by atoms with Crippen molar-refractivity contribution in [3.63, 3.8) is 0 Å². The number of hydrogen-bond donors (Lipinski definition) is 1. The van der Waals surface area contributed by atoms with Gasteiger partial charge >= 0.3 is 6.36 Å². The zero-order chi connectivity index (χ0) is 31.1. The van der Waals surface area contributed by atoms with Gasteiger partial charge in [0.25, 0.3) is 5.91 Å². The number of hydrogen-bond acceptors (Lipinski definition) is 7. The Balaban J connectivity index is 1.56. The number of carbonyl (C=O) groups is 2. The summed E-state index contributed by atoms with van der Waals surface area (Å²) in [5.74, 6) is 0.223. The van der Waals surface area contributed by atoms with Crippen LogP contribution in [0.1, 0.15) is 38.3 Å². The Hall–Kier alpha value is -4.77. The van der Waals surface area contributed by atoms with Crippen molar-refractivity contribution < 1.29 is 41.7 Å². The Morgan fingerprint density at radius 1 is 0.930 bits per heavy atom. The Morgan fingerprint density at radius 3 is 2.26 bits per heavy atom. The minimum atomic E-state index is -4.83. The van der Waals surface area contributed by atoms with Crippen molar-refractivity contribution in [2.45, 2.75) is 12.8 Å². The third-order valence-electron chi connectivity index (χ3n) is 6.78. The predicted octanol–water partition coefficient (Wildman–Crippen LogP) is 6.48. The molecule has 0 saturated carbocycles. The van der Waals surface area contributed by atoms with Gasteiger partial charge in [-0.15, -0.1) is 13.2 Å². The maximum absolute atomic E-state index is 13.2. The van der Waals surface area contributed by atoms with Crippen molar-refractivity contribution in [1.29, 1.82) is 0 Å². The van der Waals surface area contributed by atoms with E-state index in [0.29, 0.717) is 34.1 Å². The van der Waals surface area contributed by atoms with Gasteiger partial charge in [-0.3, -0.25) is 9.59 Å². The van der Waals surface area contributed by atoms with Crippen LogP contribution in [-0.2, 0) is 0 Å². The fourth-order valence-corrected chi connectivity index (χ4v) is 4.65. The van der Waals surface area contributed by atoms with E-state index in [1.807, 2.05) is 7.05 Å². The van der Waals surface area contributed by atoms with Crippen molar-refractivity contribution in [1.82, 2.24) is 4.90 Å². The molecule has 4 rings (SSSR count). The van der Waals surface area contributed by atoms with Crippen molar-refractivity contribution in [3.8, 4) is 23.0 Å². The number of halogens is 3. The van der Waals surface area contributed by atoms with Crippen LogP contribution in [0.5, 0.6) is 23.0 Å². The molecule has 0 saturated heterocycles. The summed E-state index contributed by atoms with van der Waals surface area (Å²) in [7, 11) is 6.69. The number of carbonyl (C=O) groups excluding carboxylic acids is 2. The quantitative estimate of drug-likeness (QED) is 0.212. The van der Waals surface area contributed by atoms with Crippen molar-refractivity contribution in [2.75, 3.05) is 46.8 Å². The number of amides is 1. The molecule has 3 aromatic carbocycles. The molecule has 8 nitrogen and oxygen atoms in total. The normalized spacial score (nSPS) is 13.8. The molecule has 3 aromatic rings. The second kappa shape index (κ2) is 13.5. The van der Waals surface area contributed by atoms with Gasteiger partial charge < -0.3 is 29.2 Å². The molecule has 0 unspecified atom stereocenters. The first-order chi connectivity index (χ1) is 20.5. The summed E-state index contributed by atoms with van der Waals surface area (Å²) < 4.78 is 58.1. The lowest BCUT2D eigenvalue weighted by Crippen LogP contribution is -2.24. The van der Waals surface area contributed by atoms with E-state index in [2.05, 4.69) is 21.0 Å². The summed E-state index contributed by atoms with van der Waals surface area (Å²) in [6.45, 7) is 1.65. The molecule has 1 aliphatic heterocycles. The molecule has 1 N–H and O–H groups in total. The number of nitrogens with one attached hydrogen (secondary N) is 1. The molecule has 11 heteroatoms. The first kappa shape index (κ1) is 31.2. The number of nitrogens with zero attached hydrogens (tertiary/aromatic N) is 1. The number of methoxy groups -OCH3 is 3. The highest BCUT2D eigenvalue weighted by Gasteiger charge is 2.31. The zero-order valence-corrected chi connectivity index (χ0v) is 24.1. The van der Waals surface area contributed by atoms with Crippen LogP contribution in [0.15, 0.2) is 66.7 Å². The van der Waals surface area contributed by atoms with E-state index in [4.69, 9.17) is 14.2 Å². The molecule has 1 heterocycles. The van der Waals surface area contributed by atoms with Crippen LogP contribution in [0.4, 0.5) is 18.9 Å². The summed E-state index contributed by atoms with van der Waals surface area (Å²) in [6.07, 6.45) is 1.09. The first-order valence-corrected chi connectivity index (χ1v) is 13.2. The van der Waals surface area contributed by atoms with Crippen LogP contribution in [0, 0.1) is 0 Å². The minimum Gasteiger partial charge on any atom is -0.496 e. The van der Waals surface area contributed by atoms with Crippen LogP contribution in [0.3, 0.4) is 0 Å². The topological polar surface area (TPSA) is 86.3 Å². The Labute approximate surface area is 247 Å². The van der Waals surface area contributed by atoms with Gasteiger partial charge in [0.1, 0.15) is 23.0 Å². The third-order valence-corrected chi connectivity index (χ3v) is 6.78. The van der Waals surface area contributed by atoms with Gasteiger partial charge in [0.2, 0.25) is 0 Å². The van der Waals surface area contributed by atoms with Crippen LogP contribution >= 0.6 is 0 Å². The average Bonchev–Trinajstić information content (AvgIpc) is 2.99. The number of allylic oxidation sites excluding steroid dienone is 1. The second-order valence-electron chi connectivity index (χ2n) is 9.65. The summed E-state index contributed by atoms with van der Waals surface area (Å²) in [4.78, 5) is 28.1. The molecule has 0 spiro atoms. The van der Waals surface area contributed by atoms with Crippen molar-refractivity contribution in [2.24, 2.45) is 0 Å². The molecule has 0 aromatic heterocycles. The number of likely N-dealkylation sites (N-methyl/N-ethyl adjacent to an activating group) is 1. The third kappa shape index (κ3) is 7.75. The average molecular weight is 597 g/mol. The highest BCUT2D eigenvalue weighted by Crippen LogP contribution is 2.45. The van der Waals surface area contributed by atoms with Crippen LogP contribution in [0.2, 0.25) is 0 Å². The van der Waals surface area contributed by atoms with E-state index in [0.717, 1.165) is 42.8 Å². The zero-order valence-electron chi connectivity index (χ0n) is 24.1. The Kier molecular flexibility index (Phi) is 9.77. The smallest absolute Gasteiger partial charge is 0.496 e. The van der Waals surface area contributed by atoms with E-state index in [1.165, 1.54) is 31.4 Å². The maximum Gasteiger partial charge on any atom is 0.573 e. The van der Waals surface area contributed by atoms with Gasteiger partial charge in [-0.2, -0.15) is 0 Å². The Bertz CT molecular complexity index is 1550. The fourth-order valence-electron chi connectivity index (χ4n) is 4.65. The van der Waals surface area contributed by atoms with E-state index >= 15 is 0 Å². The van der Waals surface area contributed by atoms with E-state index < -0.39 is 18.0 Å². The van der Waals surface area contributed by atoms with Crippen LogP contribution < -0.4 is 24.3 Å².